The van der Waals surface area contributed by atoms with Gasteiger partial charge in [0.05, 0.1) is 18.4 Å². The first kappa shape index (κ1) is 13.7. The van der Waals surface area contributed by atoms with Gasteiger partial charge in [0.1, 0.15) is 0 Å². The minimum Gasteiger partial charge on any atom is -0.349 e. The Morgan fingerprint density at radius 3 is 3.05 bits per heavy atom. The zero-order valence-corrected chi connectivity index (χ0v) is 11.6. The summed E-state index contributed by atoms with van der Waals surface area (Å²) in [6, 6.07) is 5.70. The van der Waals surface area contributed by atoms with Crippen LogP contribution in [0.15, 0.2) is 30.6 Å². The Balaban J connectivity index is 1.55. The number of nitrogens with zero attached hydrogens (tertiary/aromatic N) is 4. The molecule has 0 aromatic carbocycles. The van der Waals surface area contributed by atoms with Crippen molar-refractivity contribution in [2.75, 3.05) is 6.54 Å². The van der Waals surface area contributed by atoms with Gasteiger partial charge in [-0.15, -0.1) is 5.10 Å². The van der Waals surface area contributed by atoms with Crippen LogP contribution >= 0.6 is 0 Å². The van der Waals surface area contributed by atoms with Crippen LogP contribution in [0.4, 0.5) is 0 Å². The van der Waals surface area contributed by atoms with Gasteiger partial charge in [-0.2, -0.15) is 0 Å². The molecule has 1 saturated carbocycles. The van der Waals surface area contributed by atoms with Gasteiger partial charge in [-0.1, -0.05) is 11.3 Å². The molecule has 21 heavy (non-hydrogen) atoms. The Morgan fingerprint density at radius 2 is 2.33 bits per heavy atom. The summed E-state index contributed by atoms with van der Waals surface area (Å²) in [6.45, 7) is 0.972. The molecule has 1 aliphatic rings. The maximum atomic E-state index is 12.0. The molecule has 1 fully saturated rings. The summed E-state index contributed by atoms with van der Waals surface area (Å²) in [6.07, 6.45) is 5.67. The fourth-order valence-electron chi connectivity index (χ4n) is 2.13. The number of rotatable bonds is 6. The maximum absolute atomic E-state index is 12.0. The van der Waals surface area contributed by atoms with E-state index in [2.05, 4.69) is 20.6 Å². The van der Waals surface area contributed by atoms with E-state index in [9.17, 15) is 4.79 Å². The van der Waals surface area contributed by atoms with Crippen molar-refractivity contribution in [2.45, 2.75) is 25.4 Å². The summed E-state index contributed by atoms with van der Waals surface area (Å²) in [5.74, 6) is 0.323. The van der Waals surface area contributed by atoms with E-state index in [1.54, 1.807) is 17.1 Å². The SMILES string of the molecule is NC(CNC(=O)c1cn(Cc2ccccn2)nn1)C1CC1. The fraction of sp³-hybridized carbons (Fsp3) is 0.429. The second-order valence-corrected chi connectivity index (χ2v) is 5.33. The molecule has 110 valence electrons. The van der Waals surface area contributed by atoms with Crippen molar-refractivity contribution in [1.29, 1.82) is 0 Å². The molecule has 3 rings (SSSR count). The normalized spacial score (nSPS) is 15.7. The number of hydrogen-bond acceptors (Lipinski definition) is 5. The minimum atomic E-state index is -0.238. The summed E-state index contributed by atoms with van der Waals surface area (Å²) in [4.78, 5) is 16.2. The van der Waals surface area contributed by atoms with E-state index in [0.29, 0.717) is 24.7 Å². The topological polar surface area (TPSA) is 98.7 Å². The molecule has 1 atom stereocenters. The van der Waals surface area contributed by atoms with Gasteiger partial charge in [-0.25, -0.2) is 4.68 Å². The Kier molecular flexibility index (Phi) is 3.92. The van der Waals surface area contributed by atoms with E-state index in [1.165, 1.54) is 0 Å². The molecule has 0 spiro atoms. The molecule has 2 heterocycles. The molecule has 2 aromatic rings. The summed E-state index contributed by atoms with van der Waals surface area (Å²) in [5, 5.41) is 10.6. The first-order valence-electron chi connectivity index (χ1n) is 7.06. The summed E-state index contributed by atoms with van der Waals surface area (Å²) < 4.78 is 1.60. The van der Waals surface area contributed by atoms with Crippen molar-refractivity contribution >= 4 is 5.91 Å². The van der Waals surface area contributed by atoms with Crippen LogP contribution in [0.2, 0.25) is 0 Å². The fourth-order valence-corrected chi connectivity index (χ4v) is 2.13. The molecule has 1 amide bonds. The predicted octanol–water partition coefficient (Wildman–Crippen LogP) is 0.188. The maximum Gasteiger partial charge on any atom is 0.273 e. The molecule has 0 bridgehead atoms. The van der Waals surface area contributed by atoms with E-state index >= 15 is 0 Å². The van der Waals surface area contributed by atoms with Crippen LogP contribution in [-0.2, 0) is 6.54 Å². The zero-order valence-electron chi connectivity index (χ0n) is 11.6. The van der Waals surface area contributed by atoms with Crippen molar-refractivity contribution in [3.8, 4) is 0 Å². The standard InChI is InChI=1S/C14H18N6O/c15-12(10-4-5-10)7-17-14(21)13-9-20(19-18-13)8-11-3-1-2-6-16-11/h1-3,6,9-10,12H,4-5,7-8,15H2,(H,17,21). The lowest BCUT2D eigenvalue weighted by Crippen LogP contribution is -2.38. The monoisotopic (exact) mass is 286 g/mol. The Labute approximate surface area is 122 Å². The Bertz CT molecular complexity index is 607. The van der Waals surface area contributed by atoms with Gasteiger partial charge in [-0.05, 0) is 30.9 Å². The van der Waals surface area contributed by atoms with Gasteiger partial charge in [0.2, 0.25) is 0 Å². The number of pyridine rings is 1. The highest BCUT2D eigenvalue weighted by Gasteiger charge is 2.28. The largest absolute Gasteiger partial charge is 0.349 e. The smallest absolute Gasteiger partial charge is 0.273 e. The van der Waals surface area contributed by atoms with Crippen LogP contribution < -0.4 is 11.1 Å². The zero-order chi connectivity index (χ0) is 14.7. The lowest BCUT2D eigenvalue weighted by Gasteiger charge is -2.10. The molecule has 3 N–H and O–H groups in total. The lowest BCUT2D eigenvalue weighted by atomic mass is 10.2. The number of hydrogen-bond donors (Lipinski definition) is 2. The molecule has 7 nitrogen and oxygen atoms in total. The third kappa shape index (κ3) is 3.63. The van der Waals surface area contributed by atoms with E-state index in [-0.39, 0.29) is 11.9 Å². The van der Waals surface area contributed by atoms with Gasteiger partial charge in [-0.3, -0.25) is 9.78 Å². The average molecular weight is 286 g/mol. The lowest BCUT2D eigenvalue weighted by molar-refractivity contribution is 0.0945. The molecule has 7 heteroatoms. The van der Waals surface area contributed by atoms with Crippen molar-refractivity contribution < 1.29 is 4.79 Å². The number of amides is 1. The molecule has 0 saturated heterocycles. The van der Waals surface area contributed by atoms with Crippen LogP contribution in [0.1, 0.15) is 29.0 Å². The number of carbonyl (C=O) groups excluding carboxylic acids is 1. The summed E-state index contributed by atoms with van der Waals surface area (Å²) in [5.41, 5.74) is 7.11. The van der Waals surface area contributed by atoms with Crippen LogP contribution in [0.5, 0.6) is 0 Å². The summed E-state index contributed by atoms with van der Waals surface area (Å²) >= 11 is 0. The van der Waals surface area contributed by atoms with Gasteiger partial charge in [0, 0.05) is 18.8 Å². The van der Waals surface area contributed by atoms with Crippen LogP contribution in [-0.4, -0.2) is 38.5 Å². The first-order chi connectivity index (χ1) is 10.2. The molecular weight excluding hydrogens is 268 g/mol. The number of carbonyl (C=O) groups is 1. The third-order valence-electron chi connectivity index (χ3n) is 3.55. The summed E-state index contributed by atoms with van der Waals surface area (Å²) in [7, 11) is 0. The van der Waals surface area contributed by atoms with E-state index in [4.69, 9.17) is 5.73 Å². The Morgan fingerprint density at radius 1 is 1.48 bits per heavy atom. The van der Waals surface area contributed by atoms with Crippen molar-refractivity contribution in [3.63, 3.8) is 0 Å². The molecule has 1 unspecified atom stereocenters. The van der Waals surface area contributed by atoms with E-state index < -0.39 is 0 Å². The van der Waals surface area contributed by atoms with Crippen molar-refractivity contribution in [1.82, 2.24) is 25.3 Å². The van der Waals surface area contributed by atoms with Gasteiger partial charge >= 0.3 is 0 Å². The second kappa shape index (κ2) is 6.01. The van der Waals surface area contributed by atoms with Crippen molar-refractivity contribution in [3.05, 3.63) is 42.0 Å². The first-order valence-corrected chi connectivity index (χ1v) is 7.06. The van der Waals surface area contributed by atoms with Crippen LogP contribution in [0.3, 0.4) is 0 Å². The van der Waals surface area contributed by atoms with E-state index in [1.807, 2.05) is 18.2 Å². The minimum absolute atomic E-state index is 0.0394. The highest BCUT2D eigenvalue weighted by atomic mass is 16.2. The molecule has 0 radical (unpaired) electrons. The number of nitrogens with one attached hydrogen (secondary N) is 1. The third-order valence-corrected chi connectivity index (χ3v) is 3.55. The molecule has 2 aromatic heterocycles. The second-order valence-electron chi connectivity index (χ2n) is 5.33. The molecule has 1 aliphatic carbocycles. The average Bonchev–Trinajstić information content (AvgIpc) is 3.26. The van der Waals surface area contributed by atoms with Gasteiger partial charge in [0.25, 0.3) is 5.91 Å². The van der Waals surface area contributed by atoms with Crippen molar-refractivity contribution in [2.24, 2.45) is 11.7 Å². The van der Waals surface area contributed by atoms with Crippen LogP contribution in [0.25, 0.3) is 0 Å². The highest BCUT2D eigenvalue weighted by Crippen LogP contribution is 2.31. The quantitative estimate of drug-likeness (QED) is 0.789. The number of aromatic nitrogens is 4. The Hall–Kier alpha value is -2.28. The number of nitrogens with two attached hydrogens (primary N) is 1. The van der Waals surface area contributed by atoms with Crippen LogP contribution in [0, 0.1) is 5.92 Å². The predicted molar refractivity (Wildman–Crippen MR) is 76.4 cm³/mol. The molecular formula is C14H18N6O. The van der Waals surface area contributed by atoms with Gasteiger partial charge < -0.3 is 11.1 Å². The van der Waals surface area contributed by atoms with Gasteiger partial charge in [0.15, 0.2) is 5.69 Å². The van der Waals surface area contributed by atoms with E-state index in [0.717, 1.165) is 18.5 Å². The highest BCUT2D eigenvalue weighted by molar-refractivity contribution is 5.91. The molecule has 0 aliphatic heterocycles.